The van der Waals surface area contributed by atoms with Crippen LogP contribution >= 0.6 is 0 Å². The lowest BCUT2D eigenvalue weighted by atomic mass is 10.0. The topological polar surface area (TPSA) is 548 Å². The molecule has 0 aliphatic heterocycles. The van der Waals surface area contributed by atoms with Crippen LogP contribution in [0.5, 0.6) is 34.5 Å². The summed E-state index contributed by atoms with van der Waals surface area (Å²) in [5, 5.41) is 174. The fourth-order valence-corrected chi connectivity index (χ4v) is 12.4. The van der Waals surface area contributed by atoms with Crippen LogP contribution in [0.1, 0.15) is 55.6 Å². The number of nitriles is 1. The van der Waals surface area contributed by atoms with E-state index in [9.17, 15) is 96.6 Å². The molecular formula is C98H83N19O20. The molecule has 0 aliphatic carbocycles. The number of nitro benzene ring substituents is 6. The largest absolute Gasteiger partial charge is 0.508 e. The van der Waals surface area contributed by atoms with Crippen molar-refractivity contribution in [2.75, 3.05) is 55.3 Å². The summed E-state index contributed by atoms with van der Waals surface area (Å²) in [7, 11) is 7.06. The van der Waals surface area contributed by atoms with Gasteiger partial charge in [0.15, 0.2) is 0 Å². The Labute approximate surface area is 780 Å². The first kappa shape index (κ1) is 101. The van der Waals surface area contributed by atoms with Crippen molar-refractivity contribution < 1.29 is 70.4 Å². The number of anilines is 6. The molecule has 0 fully saturated rings. The number of aliphatic hydroxyl groups excluding tert-OH is 2. The van der Waals surface area contributed by atoms with Crippen molar-refractivity contribution in [1.29, 1.82) is 5.26 Å². The van der Waals surface area contributed by atoms with Crippen LogP contribution in [0.3, 0.4) is 0 Å². The number of non-ortho nitro benzene ring substituents is 6. The zero-order chi connectivity index (χ0) is 99.2. The van der Waals surface area contributed by atoms with Crippen LogP contribution in [-0.4, -0.2) is 137 Å². The van der Waals surface area contributed by atoms with E-state index in [2.05, 4.69) is 69.5 Å². The van der Waals surface area contributed by atoms with Gasteiger partial charge in [-0.05, 0) is 205 Å². The molecule has 0 spiro atoms. The lowest BCUT2D eigenvalue weighted by Crippen LogP contribution is -2.09. The Kier molecular flexibility index (Phi) is 36.7. The number of phenols is 6. The van der Waals surface area contributed by atoms with E-state index in [0.29, 0.717) is 69.1 Å². The summed E-state index contributed by atoms with van der Waals surface area (Å²) >= 11 is 0. The summed E-state index contributed by atoms with van der Waals surface area (Å²) in [4.78, 5) is 75.8. The standard InChI is InChI=1S/C29H26N6O6.C29H18N6O6.C24H18N4O2.C14H13N3O4.2CH4O/c1-32(24-5-9-26(10-6-24)34(38)39)30-18-22-16-20(3-13-28(22)36)15-21-4-14-29(37)23(17-21)19-31-33(2)25-7-11-27(12-8-25)35(40)41;1-31-27-14-24(35(40)41)5-7-26(27)33-17-22-12-19(3-9-29(22)37)10-18-2-8-28(36)21(11-18)16-32-25-6-4-23(34(38)39)13-20(25)15-30;29-28(30)24-17-13-20(14-18-24)26-25-19-11-15-23(16-12-19)27(21-7-3-1-4-8-21)22-9-5-2-6-10-22;1-16(11-3-5-12(6-4-11)17(20)21)15-9-10-2-7-13(18)8-14(10)19;2*1-2/h3-14,16-19,36-37H,15H2,1-2H3;2-9,11-14,16-17,36-37H,10H2;1-18H;2-9,18-19H,1H3;2*2H,1H3/b30-18+,31-19+;;;15-9+;;. The first-order valence-corrected chi connectivity index (χ1v) is 40.3. The zero-order valence-electron chi connectivity index (χ0n) is 73.2. The first-order valence-electron chi connectivity index (χ1n) is 40.3. The second-order valence-corrected chi connectivity index (χ2v) is 28.4. The van der Waals surface area contributed by atoms with Gasteiger partial charge < -0.3 is 45.8 Å². The third-order valence-corrected chi connectivity index (χ3v) is 19.4. The molecule has 0 heterocycles. The number of hydrogen-bond donors (Lipinski definition) is 8. The molecular weight excluding hydrogens is 1760 g/mol. The SMILES string of the molecule is CN(/N=C/c1cc(Cc2ccc(O)c(/C=N/N(C)c3ccc([N+](=O)[O-])cc3)c2)ccc1O)c1ccc([N+](=O)[O-])cc1.CN(/N=C/c1ccc(O)cc1O)c1ccc([N+](=O)[O-])cc1.CO.CO.O=[N+]([O-])c1ccc(N=Nc2ccc(N(c3ccccc3)c3ccccc3)cc2)cc1.[C-]#[N+]c1cc([N+](=O)[O-])ccc1N=Cc1cc(Cc2ccc(O)c(C=Nc3ccc([N+](=O)[O-])cc3C#N)c2)ccc1O. The first-order chi connectivity index (χ1) is 65.9. The number of phenolic OH excluding ortho intramolecular Hbond substituents is 6. The zero-order valence-corrected chi connectivity index (χ0v) is 73.2. The van der Waals surface area contributed by atoms with Crippen molar-refractivity contribution in [2.24, 2.45) is 35.5 Å². The Hall–Kier alpha value is -19.7. The van der Waals surface area contributed by atoms with E-state index in [1.807, 2.05) is 66.7 Å². The van der Waals surface area contributed by atoms with Crippen molar-refractivity contribution in [1.82, 2.24) is 0 Å². The van der Waals surface area contributed by atoms with Crippen LogP contribution in [0.25, 0.3) is 4.85 Å². The number of para-hydroxylation sites is 2. The van der Waals surface area contributed by atoms with E-state index in [4.69, 9.17) is 16.8 Å². The third kappa shape index (κ3) is 29.4. The highest BCUT2D eigenvalue weighted by atomic mass is 16.6. The molecule has 14 aromatic carbocycles. The van der Waals surface area contributed by atoms with E-state index in [1.165, 1.54) is 149 Å². The molecule has 8 N–H and O–H groups in total. The predicted molar refractivity (Wildman–Crippen MR) is 521 cm³/mol. The van der Waals surface area contributed by atoms with Gasteiger partial charge in [-0.2, -0.15) is 30.8 Å². The number of hydrogen-bond acceptors (Lipinski definition) is 32. The minimum Gasteiger partial charge on any atom is -0.508 e. The van der Waals surface area contributed by atoms with Gasteiger partial charge >= 0.3 is 0 Å². The van der Waals surface area contributed by atoms with Gasteiger partial charge in [0.2, 0.25) is 5.69 Å². The van der Waals surface area contributed by atoms with E-state index in [0.717, 1.165) is 65.7 Å². The molecule has 39 nitrogen and oxygen atoms in total. The number of benzene rings is 14. The third-order valence-electron chi connectivity index (χ3n) is 19.4. The van der Waals surface area contributed by atoms with E-state index in [-0.39, 0.29) is 91.2 Å². The Balaban J connectivity index is 0.000000207. The minimum atomic E-state index is -0.607. The van der Waals surface area contributed by atoms with Crippen molar-refractivity contribution in [2.45, 2.75) is 12.8 Å². The van der Waals surface area contributed by atoms with Crippen LogP contribution in [0, 0.1) is 78.6 Å². The number of nitro groups is 6. The Morgan fingerprint density at radius 3 is 0.971 bits per heavy atom. The fraction of sp³-hybridized carbons (Fsp3) is 0.0714. The maximum Gasteiger partial charge on any atom is 0.270 e. The number of azo groups is 1. The lowest BCUT2D eigenvalue weighted by molar-refractivity contribution is -0.385. The molecule has 39 heteroatoms. The molecule has 14 aromatic rings. The normalized spacial score (nSPS) is 10.7. The number of aliphatic hydroxyl groups is 2. The average Bonchev–Trinajstić information content (AvgIpc) is 0.814. The van der Waals surface area contributed by atoms with Crippen molar-refractivity contribution in [3.05, 3.63) is 437 Å². The van der Waals surface area contributed by atoms with Gasteiger partial charge in [0.05, 0.1) is 100 Å². The lowest BCUT2D eigenvalue weighted by Gasteiger charge is -2.25. The van der Waals surface area contributed by atoms with E-state index < -0.39 is 29.5 Å². The maximum atomic E-state index is 11.0. The van der Waals surface area contributed by atoms with Crippen LogP contribution in [0.2, 0.25) is 0 Å². The van der Waals surface area contributed by atoms with Crippen molar-refractivity contribution in [3.8, 4) is 40.6 Å². The minimum absolute atomic E-state index is 0.00000207. The summed E-state index contributed by atoms with van der Waals surface area (Å²) in [6, 6.07) is 85.5. The van der Waals surface area contributed by atoms with Crippen molar-refractivity contribution in [3.63, 3.8) is 0 Å². The number of hydrazone groups is 3. The highest BCUT2D eigenvalue weighted by Crippen LogP contribution is 2.38. The van der Waals surface area contributed by atoms with Gasteiger partial charge in [-0.3, -0.25) is 85.7 Å². The second kappa shape index (κ2) is 49.8. The predicted octanol–water partition coefficient (Wildman–Crippen LogP) is 21.0. The van der Waals surface area contributed by atoms with Crippen molar-refractivity contribution >= 4 is 128 Å². The Morgan fingerprint density at radius 2 is 0.628 bits per heavy atom. The van der Waals surface area contributed by atoms with E-state index >= 15 is 0 Å². The molecule has 14 rings (SSSR count). The number of nitrogens with zero attached hydrogens (tertiary/aromatic N) is 19. The maximum absolute atomic E-state index is 11.0. The van der Waals surface area contributed by atoms with Crippen LogP contribution in [0.4, 0.5) is 96.7 Å². The van der Waals surface area contributed by atoms with Gasteiger partial charge in [0.25, 0.3) is 34.1 Å². The monoisotopic (exact) mass is 1850 g/mol. The summed E-state index contributed by atoms with van der Waals surface area (Å²) < 4.78 is 0. The number of rotatable bonds is 28. The van der Waals surface area contributed by atoms with Gasteiger partial charge in [-0.15, -0.1) is 0 Å². The Morgan fingerprint density at radius 1 is 0.328 bits per heavy atom. The van der Waals surface area contributed by atoms with Gasteiger partial charge in [-0.25, -0.2) is 4.85 Å². The number of aliphatic imine (C=N–C) groups is 2. The molecule has 0 saturated heterocycles. The molecule has 0 amide bonds. The smallest absolute Gasteiger partial charge is 0.270 e. The molecule has 0 aliphatic rings. The summed E-state index contributed by atoms with van der Waals surface area (Å²) in [5.41, 5.74) is 11.8. The quantitative estimate of drug-likeness (QED) is 0.00742. The van der Waals surface area contributed by atoms with Crippen LogP contribution < -0.4 is 19.9 Å². The Bertz CT molecular complexity index is 6590. The molecule has 0 atom stereocenters. The average molecular weight is 1850 g/mol. The fourth-order valence-electron chi connectivity index (χ4n) is 12.4. The summed E-state index contributed by atoms with van der Waals surface area (Å²) in [6.07, 6.45) is 8.05. The van der Waals surface area contributed by atoms with E-state index in [1.54, 1.807) is 130 Å². The van der Waals surface area contributed by atoms with Gasteiger partial charge in [0, 0.05) is 172 Å². The molecule has 137 heavy (non-hydrogen) atoms. The second-order valence-electron chi connectivity index (χ2n) is 28.4. The van der Waals surface area contributed by atoms with Gasteiger partial charge in [0.1, 0.15) is 40.6 Å². The van der Waals surface area contributed by atoms with Crippen LogP contribution in [-0.2, 0) is 12.8 Å². The number of aromatic hydroxyl groups is 6. The molecule has 0 radical (unpaired) electrons. The molecule has 690 valence electrons. The molecule has 0 aromatic heterocycles. The summed E-state index contributed by atoms with van der Waals surface area (Å²) in [5.74, 6) is -0.150. The summed E-state index contributed by atoms with van der Waals surface area (Å²) in [6.45, 7) is 7.28. The molecule has 0 bridgehead atoms. The van der Waals surface area contributed by atoms with Gasteiger partial charge in [-0.1, -0.05) is 60.7 Å². The van der Waals surface area contributed by atoms with Crippen LogP contribution in [0.15, 0.2) is 345 Å². The molecule has 0 unspecified atom stereocenters. The highest BCUT2D eigenvalue weighted by molar-refractivity contribution is 5.90. The molecule has 0 saturated carbocycles. The highest BCUT2D eigenvalue weighted by Gasteiger charge is 2.18.